The van der Waals surface area contributed by atoms with Crippen molar-refractivity contribution < 1.29 is 5.11 Å². The van der Waals surface area contributed by atoms with Gasteiger partial charge in [-0.25, -0.2) is 9.67 Å². The summed E-state index contributed by atoms with van der Waals surface area (Å²) in [4.78, 5) is 9.27. The van der Waals surface area contributed by atoms with Crippen LogP contribution >= 0.6 is 0 Å². The number of aliphatic hydroxyl groups excluding tert-OH is 1. The van der Waals surface area contributed by atoms with Crippen molar-refractivity contribution in [1.82, 2.24) is 19.7 Å². The molecule has 29 heavy (non-hydrogen) atoms. The van der Waals surface area contributed by atoms with Gasteiger partial charge in [0.05, 0.1) is 35.4 Å². The third kappa shape index (κ3) is 3.57. The first-order chi connectivity index (χ1) is 14.1. The zero-order valence-electron chi connectivity index (χ0n) is 16.5. The standard InChI is InChI=1S/C22H24N6O/c1-3-17(23)19-8-5-7-18(27-19)14-10-20(24-2)16-12-25-28(21(16)11-14)22-9-4-6-15(13-29)26-22/h4-12,17,24,29H,3,13,23H2,1-2H3. The molecule has 0 aliphatic rings. The van der Waals surface area contributed by atoms with Crippen LogP contribution in [0.4, 0.5) is 5.69 Å². The Balaban J connectivity index is 1.89. The van der Waals surface area contributed by atoms with Gasteiger partial charge in [0.25, 0.3) is 0 Å². The van der Waals surface area contributed by atoms with E-state index >= 15 is 0 Å². The van der Waals surface area contributed by atoms with Gasteiger partial charge in [-0.15, -0.1) is 0 Å². The number of aromatic nitrogens is 4. The van der Waals surface area contributed by atoms with E-state index in [0.29, 0.717) is 11.5 Å². The van der Waals surface area contributed by atoms with E-state index in [0.717, 1.165) is 40.0 Å². The Kier molecular flexibility index (Phi) is 5.24. The zero-order valence-corrected chi connectivity index (χ0v) is 16.5. The van der Waals surface area contributed by atoms with E-state index in [-0.39, 0.29) is 12.6 Å². The lowest BCUT2D eigenvalue weighted by Gasteiger charge is -2.12. The Morgan fingerprint density at radius 3 is 2.72 bits per heavy atom. The number of aliphatic hydroxyl groups is 1. The minimum Gasteiger partial charge on any atom is -0.390 e. The highest BCUT2D eigenvalue weighted by Crippen LogP contribution is 2.31. The average molecular weight is 388 g/mol. The van der Waals surface area contributed by atoms with Gasteiger partial charge < -0.3 is 16.2 Å². The van der Waals surface area contributed by atoms with Crippen molar-refractivity contribution >= 4 is 16.6 Å². The minimum atomic E-state index is -0.117. The molecule has 1 aromatic carbocycles. The summed E-state index contributed by atoms with van der Waals surface area (Å²) in [6.07, 6.45) is 2.64. The van der Waals surface area contributed by atoms with Crippen molar-refractivity contribution in [2.24, 2.45) is 5.73 Å². The van der Waals surface area contributed by atoms with Gasteiger partial charge in [-0.1, -0.05) is 19.1 Å². The van der Waals surface area contributed by atoms with E-state index < -0.39 is 0 Å². The molecule has 3 aromatic heterocycles. The van der Waals surface area contributed by atoms with E-state index in [1.165, 1.54) is 0 Å². The van der Waals surface area contributed by atoms with Crippen molar-refractivity contribution in [3.05, 3.63) is 66.1 Å². The Morgan fingerprint density at radius 1 is 1.14 bits per heavy atom. The number of benzene rings is 1. The number of rotatable bonds is 6. The second-order valence-corrected chi connectivity index (χ2v) is 6.87. The number of nitrogens with one attached hydrogen (secondary N) is 1. The van der Waals surface area contributed by atoms with Crippen LogP contribution < -0.4 is 11.1 Å². The molecule has 4 aromatic rings. The highest BCUT2D eigenvalue weighted by molar-refractivity contribution is 5.96. The molecule has 0 amide bonds. The number of anilines is 1. The van der Waals surface area contributed by atoms with Crippen LogP contribution in [-0.4, -0.2) is 31.9 Å². The van der Waals surface area contributed by atoms with Crippen molar-refractivity contribution in [2.75, 3.05) is 12.4 Å². The van der Waals surface area contributed by atoms with Gasteiger partial charge in [0, 0.05) is 29.7 Å². The van der Waals surface area contributed by atoms with Crippen molar-refractivity contribution in [1.29, 1.82) is 0 Å². The van der Waals surface area contributed by atoms with Crippen LogP contribution in [0.25, 0.3) is 28.0 Å². The lowest BCUT2D eigenvalue weighted by Crippen LogP contribution is -2.10. The Labute approximate surface area is 169 Å². The molecule has 0 aliphatic heterocycles. The molecule has 4 rings (SSSR count). The fourth-order valence-electron chi connectivity index (χ4n) is 3.36. The van der Waals surface area contributed by atoms with E-state index in [4.69, 9.17) is 10.7 Å². The van der Waals surface area contributed by atoms with Crippen LogP contribution in [-0.2, 0) is 6.61 Å². The van der Waals surface area contributed by atoms with Crippen LogP contribution in [0.5, 0.6) is 0 Å². The number of fused-ring (bicyclic) bond motifs is 1. The summed E-state index contributed by atoms with van der Waals surface area (Å²) in [5.41, 5.74) is 11.3. The molecule has 7 nitrogen and oxygen atoms in total. The lowest BCUT2D eigenvalue weighted by molar-refractivity contribution is 0.276. The first-order valence-electron chi connectivity index (χ1n) is 9.64. The van der Waals surface area contributed by atoms with E-state index in [1.54, 1.807) is 10.7 Å². The Bertz CT molecular complexity index is 1150. The normalized spacial score (nSPS) is 12.3. The molecule has 4 N–H and O–H groups in total. The fraction of sp³-hybridized carbons (Fsp3) is 0.227. The molecule has 3 heterocycles. The predicted molar refractivity (Wildman–Crippen MR) is 115 cm³/mol. The van der Waals surface area contributed by atoms with Gasteiger partial charge in [-0.05, 0) is 42.8 Å². The maximum absolute atomic E-state index is 9.42. The third-order valence-electron chi connectivity index (χ3n) is 5.02. The van der Waals surface area contributed by atoms with Gasteiger partial charge in [0.1, 0.15) is 0 Å². The smallest absolute Gasteiger partial charge is 0.154 e. The molecule has 0 radical (unpaired) electrons. The number of nitrogens with two attached hydrogens (primary N) is 1. The average Bonchev–Trinajstić information content (AvgIpc) is 3.22. The van der Waals surface area contributed by atoms with Crippen LogP contribution in [0.1, 0.15) is 30.8 Å². The summed E-state index contributed by atoms with van der Waals surface area (Å²) in [6.45, 7) is 1.94. The highest BCUT2D eigenvalue weighted by atomic mass is 16.3. The molecule has 0 saturated heterocycles. The molecule has 0 fully saturated rings. The molecule has 1 unspecified atom stereocenters. The summed E-state index contributed by atoms with van der Waals surface area (Å²) in [5, 5.41) is 18.2. The quantitative estimate of drug-likeness (QED) is 0.468. The number of hydrogen-bond acceptors (Lipinski definition) is 6. The molecular weight excluding hydrogens is 364 g/mol. The molecule has 1 atom stereocenters. The lowest BCUT2D eigenvalue weighted by atomic mass is 10.1. The van der Waals surface area contributed by atoms with Gasteiger partial charge in [-0.2, -0.15) is 5.10 Å². The molecular formula is C22H24N6O. The summed E-state index contributed by atoms with van der Waals surface area (Å²) < 4.78 is 1.78. The second kappa shape index (κ2) is 7.98. The Hall–Kier alpha value is -3.29. The van der Waals surface area contributed by atoms with Gasteiger partial charge in [0.15, 0.2) is 5.82 Å². The Morgan fingerprint density at radius 2 is 1.97 bits per heavy atom. The SMILES string of the molecule is CCC(N)c1cccc(-c2cc(NC)c3cnn(-c4cccc(CO)n4)c3c2)n1. The molecule has 148 valence electrons. The summed E-state index contributed by atoms with van der Waals surface area (Å²) >= 11 is 0. The van der Waals surface area contributed by atoms with Gasteiger partial charge in [0.2, 0.25) is 0 Å². The fourth-order valence-corrected chi connectivity index (χ4v) is 3.36. The van der Waals surface area contributed by atoms with E-state index in [9.17, 15) is 5.11 Å². The van der Waals surface area contributed by atoms with Crippen LogP contribution in [0.2, 0.25) is 0 Å². The van der Waals surface area contributed by atoms with Crippen LogP contribution in [0, 0.1) is 0 Å². The summed E-state index contributed by atoms with van der Waals surface area (Å²) in [6, 6.07) is 15.5. The first-order valence-corrected chi connectivity index (χ1v) is 9.64. The molecule has 7 heteroatoms. The molecule has 0 bridgehead atoms. The number of hydrogen-bond donors (Lipinski definition) is 3. The third-order valence-corrected chi connectivity index (χ3v) is 5.02. The van der Waals surface area contributed by atoms with E-state index in [1.807, 2.05) is 43.6 Å². The first kappa shape index (κ1) is 19.0. The monoisotopic (exact) mass is 388 g/mol. The predicted octanol–water partition coefficient (Wildman–Crippen LogP) is 3.43. The largest absolute Gasteiger partial charge is 0.390 e. The molecule has 0 spiro atoms. The second-order valence-electron chi connectivity index (χ2n) is 6.87. The van der Waals surface area contributed by atoms with E-state index in [2.05, 4.69) is 34.5 Å². The molecule has 0 aliphatic carbocycles. The number of pyridine rings is 2. The topological polar surface area (TPSA) is 102 Å². The number of nitrogens with zero attached hydrogens (tertiary/aromatic N) is 4. The van der Waals surface area contributed by atoms with Crippen LogP contribution in [0.15, 0.2) is 54.7 Å². The summed E-state index contributed by atoms with van der Waals surface area (Å²) in [5.74, 6) is 0.653. The van der Waals surface area contributed by atoms with Gasteiger partial charge >= 0.3 is 0 Å². The maximum atomic E-state index is 9.42. The highest BCUT2D eigenvalue weighted by Gasteiger charge is 2.14. The summed E-state index contributed by atoms with van der Waals surface area (Å²) in [7, 11) is 1.89. The van der Waals surface area contributed by atoms with Gasteiger partial charge in [-0.3, -0.25) is 4.98 Å². The maximum Gasteiger partial charge on any atom is 0.154 e. The van der Waals surface area contributed by atoms with Crippen molar-refractivity contribution in [3.63, 3.8) is 0 Å². The van der Waals surface area contributed by atoms with Crippen LogP contribution in [0.3, 0.4) is 0 Å². The molecule has 0 saturated carbocycles. The zero-order chi connectivity index (χ0) is 20.4. The van der Waals surface area contributed by atoms with Crippen molar-refractivity contribution in [2.45, 2.75) is 26.0 Å². The minimum absolute atomic E-state index is 0.0848. The van der Waals surface area contributed by atoms with Crippen molar-refractivity contribution in [3.8, 4) is 17.1 Å².